The first-order valence-corrected chi connectivity index (χ1v) is 15.9. The summed E-state index contributed by atoms with van der Waals surface area (Å²) in [6.45, 7) is 4.71. The van der Waals surface area contributed by atoms with Gasteiger partial charge in [0.15, 0.2) is 23.0 Å². The number of fused-ring (bicyclic) bond motifs is 7. The third-order valence-corrected chi connectivity index (χ3v) is 11.8. The number of aromatic hydroxyl groups is 5. The first-order chi connectivity index (χ1) is 22.3. The Morgan fingerprint density at radius 2 is 1.72 bits per heavy atom. The van der Waals surface area contributed by atoms with Crippen molar-refractivity contribution in [2.24, 2.45) is 28.6 Å². The molecule has 4 aromatic rings. The Kier molecular flexibility index (Phi) is 6.92. The highest BCUT2D eigenvalue weighted by molar-refractivity contribution is 5.88. The number of terminal acetylenes is 1. The number of allylic oxidation sites excluding steroid dienone is 1. The van der Waals surface area contributed by atoms with E-state index < -0.39 is 28.3 Å². The average Bonchev–Trinajstić information content (AvgIpc) is 3.59. The summed E-state index contributed by atoms with van der Waals surface area (Å²) in [5.41, 5.74) is 1.10. The van der Waals surface area contributed by atoms with Gasteiger partial charge in [0, 0.05) is 28.7 Å². The van der Waals surface area contributed by atoms with Crippen molar-refractivity contribution >= 4 is 17.0 Å². The highest BCUT2D eigenvalue weighted by Gasteiger charge is 2.63. The van der Waals surface area contributed by atoms with Gasteiger partial charge in [0.1, 0.15) is 28.1 Å². The van der Waals surface area contributed by atoms with E-state index >= 15 is 0 Å². The van der Waals surface area contributed by atoms with Gasteiger partial charge in [0.05, 0.1) is 6.20 Å². The van der Waals surface area contributed by atoms with E-state index in [-0.39, 0.29) is 44.6 Å². The van der Waals surface area contributed by atoms with Crippen LogP contribution in [0.3, 0.4) is 0 Å². The SMILES string of the molecule is C#CC1(O)CCC2C3CCC4=Cc5oncc5CC4(C)C3CCC21C.O=c1c(O)c(-c2ccc(O)c(O)c2)oc2cc(O)cc(O)c12. The normalized spacial score (nSPS) is 30.5. The molecule has 8 rings (SSSR count). The number of aliphatic hydroxyl groups is 1. The number of aromatic nitrogens is 1. The van der Waals surface area contributed by atoms with E-state index in [0.29, 0.717) is 17.8 Å². The minimum absolute atomic E-state index is 0.114. The highest BCUT2D eigenvalue weighted by atomic mass is 16.5. The molecule has 10 heteroatoms. The lowest BCUT2D eigenvalue weighted by Gasteiger charge is -2.58. The summed E-state index contributed by atoms with van der Waals surface area (Å²) in [6.07, 6.45) is 17.4. The Morgan fingerprint density at radius 1 is 0.957 bits per heavy atom. The first kappa shape index (κ1) is 30.8. The molecule has 6 atom stereocenters. The third kappa shape index (κ3) is 4.51. The maximum atomic E-state index is 12.1. The van der Waals surface area contributed by atoms with E-state index in [1.807, 2.05) is 6.20 Å². The summed E-state index contributed by atoms with van der Waals surface area (Å²) >= 11 is 0. The van der Waals surface area contributed by atoms with Crippen molar-refractivity contribution in [1.82, 2.24) is 5.16 Å². The standard InChI is InChI=1S/C22H27NO2.C15H10O7/c1-4-22(24)10-8-18-16-6-5-15-11-19-14(13-23-25-19)12-20(15,2)17(16)7-9-21(18,22)3;16-7-4-10(19)12-11(5-7)22-15(14(21)13(12)20)6-1-2-8(17)9(18)3-6/h1,11,13,16-18,24H,5-10,12H2,2-3H3;1-5,16-19,21H. The molecular formula is C37H37NO9. The van der Waals surface area contributed by atoms with Gasteiger partial charge in [-0.15, -0.1) is 6.42 Å². The number of hydrogen-bond acceptors (Lipinski definition) is 10. The molecule has 2 aromatic heterocycles. The van der Waals surface area contributed by atoms with E-state index in [0.717, 1.165) is 68.6 Å². The predicted octanol–water partition coefficient (Wildman–Crippen LogP) is 6.21. The molecule has 4 aliphatic carbocycles. The number of nitrogens with zero attached hydrogens (tertiary/aromatic N) is 1. The maximum Gasteiger partial charge on any atom is 0.238 e. The number of phenols is 4. The molecule has 0 amide bonds. The molecule has 0 radical (unpaired) electrons. The summed E-state index contributed by atoms with van der Waals surface area (Å²) in [5, 5.41) is 62.7. The molecule has 6 unspecified atom stereocenters. The van der Waals surface area contributed by atoms with Crippen molar-refractivity contribution in [3.63, 3.8) is 0 Å². The first-order valence-electron chi connectivity index (χ1n) is 15.9. The zero-order chi connectivity index (χ0) is 33.5. The Balaban J connectivity index is 0.000000151. The fraction of sp³-hybridized carbons (Fsp3) is 0.405. The van der Waals surface area contributed by atoms with Crippen LogP contribution in [0.4, 0.5) is 0 Å². The molecule has 2 aromatic carbocycles. The molecule has 0 saturated heterocycles. The molecule has 6 N–H and O–H groups in total. The molecule has 3 saturated carbocycles. The van der Waals surface area contributed by atoms with E-state index in [9.17, 15) is 35.4 Å². The minimum Gasteiger partial charge on any atom is -0.508 e. The molecule has 2 heterocycles. The van der Waals surface area contributed by atoms with Gasteiger partial charge in [0.2, 0.25) is 11.2 Å². The second kappa shape index (κ2) is 10.6. The Morgan fingerprint density at radius 3 is 2.47 bits per heavy atom. The Labute approximate surface area is 270 Å². The zero-order valence-corrected chi connectivity index (χ0v) is 26.2. The lowest BCUT2D eigenvalue weighted by molar-refractivity contribution is -0.0975. The number of benzene rings is 2. The molecule has 4 aliphatic rings. The fourth-order valence-corrected chi connectivity index (χ4v) is 9.27. The summed E-state index contributed by atoms with van der Waals surface area (Å²) in [6, 6.07) is 5.64. The van der Waals surface area contributed by atoms with Gasteiger partial charge in [-0.3, -0.25) is 4.79 Å². The molecule has 47 heavy (non-hydrogen) atoms. The summed E-state index contributed by atoms with van der Waals surface area (Å²) < 4.78 is 10.8. The van der Waals surface area contributed by atoms with Crippen LogP contribution in [0.2, 0.25) is 0 Å². The Bertz CT molecular complexity index is 2050. The molecule has 10 nitrogen and oxygen atoms in total. The van der Waals surface area contributed by atoms with E-state index in [1.54, 1.807) is 5.57 Å². The smallest absolute Gasteiger partial charge is 0.238 e. The highest BCUT2D eigenvalue weighted by Crippen LogP contribution is 2.67. The second-order valence-corrected chi connectivity index (χ2v) is 14.0. The lowest BCUT2D eigenvalue weighted by Crippen LogP contribution is -2.54. The van der Waals surface area contributed by atoms with Crippen molar-refractivity contribution in [2.45, 2.75) is 64.4 Å². The monoisotopic (exact) mass is 639 g/mol. The number of phenolic OH excluding ortho intramolecular Hbond substituents is 4. The summed E-state index contributed by atoms with van der Waals surface area (Å²) in [4.78, 5) is 12.1. The largest absolute Gasteiger partial charge is 0.508 e. The van der Waals surface area contributed by atoms with E-state index in [1.165, 1.54) is 18.1 Å². The van der Waals surface area contributed by atoms with Crippen LogP contribution in [0.15, 0.2) is 55.8 Å². The summed E-state index contributed by atoms with van der Waals surface area (Å²) in [7, 11) is 0. The second-order valence-electron chi connectivity index (χ2n) is 14.0. The lowest BCUT2D eigenvalue weighted by atomic mass is 9.46. The van der Waals surface area contributed by atoms with Crippen LogP contribution >= 0.6 is 0 Å². The van der Waals surface area contributed by atoms with Gasteiger partial charge in [0.25, 0.3) is 0 Å². The van der Waals surface area contributed by atoms with Crippen LogP contribution in [0, 0.1) is 40.9 Å². The molecule has 0 bridgehead atoms. The van der Waals surface area contributed by atoms with Crippen LogP contribution in [-0.2, 0) is 6.42 Å². The van der Waals surface area contributed by atoms with Gasteiger partial charge in [-0.25, -0.2) is 0 Å². The van der Waals surface area contributed by atoms with Crippen LogP contribution in [0.1, 0.15) is 63.7 Å². The van der Waals surface area contributed by atoms with Crippen LogP contribution < -0.4 is 5.43 Å². The van der Waals surface area contributed by atoms with Crippen LogP contribution in [0.5, 0.6) is 28.7 Å². The molecule has 244 valence electrons. The van der Waals surface area contributed by atoms with E-state index in [4.69, 9.17) is 15.4 Å². The zero-order valence-electron chi connectivity index (χ0n) is 26.2. The van der Waals surface area contributed by atoms with Crippen molar-refractivity contribution in [1.29, 1.82) is 0 Å². The average molecular weight is 640 g/mol. The molecule has 3 fully saturated rings. The van der Waals surface area contributed by atoms with Crippen molar-refractivity contribution in [2.75, 3.05) is 0 Å². The summed E-state index contributed by atoms with van der Waals surface area (Å²) in [5.74, 6) is 2.92. The maximum absolute atomic E-state index is 12.1. The van der Waals surface area contributed by atoms with Gasteiger partial charge < -0.3 is 39.6 Å². The van der Waals surface area contributed by atoms with E-state index in [2.05, 4.69) is 31.0 Å². The van der Waals surface area contributed by atoms with Crippen LogP contribution in [0.25, 0.3) is 28.4 Å². The molecule has 0 spiro atoms. The van der Waals surface area contributed by atoms with Gasteiger partial charge >= 0.3 is 0 Å². The van der Waals surface area contributed by atoms with Gasteiger partial charge in [-0.2, -0.15) is 0 Å². The third-order valence-electron chi connectivity index (χ3n) is 11.8. The number of hydrogen-bond donors (Lipinski definition) is 6. The van der Waals surface area contributed by atoms with Gasteiger partial charge in [-0.1, -0.05) is 30.5 Å². The van der Waals surface area contributed by atoms with Gasteiger partial charge in [-0.05, 0) is 92.4 Å². The molecular weight excluding hydrogens is 602 g/mol. The molecule has 0 aliphatic heterocycles. The minimum atomic E-state index is -0.909. The van der Waals surface area contributed by atoms with Crippen molar-refractivity contribution in [3.8, 4) is 52.4 Å². The topological polar surface area (TPSA) is 178 Å². The van der Waals surface area contributed by atoms with Crippen LogP contribution in [-0.4, -0.2) is 41.4 Å². The number of rotatable bonds is 1. The Hall–Kier alpha value is -4.88. The van der Waals surface area contributed by atoms with Crippen molar-refractivity contribution < 1.29 is 39.6 Å². The van der Waals surface area contributed by atoms with Crippen molar-refractivity contribution in [3.05, 3.63) is 63.6 Å². The quantitative estimate of drug-likeness (QED) is 0.104. The fourth-order valence-electron chi connectivity index (χ4n) is 9.27. The predicted molar refractivity (Wildman–Crippen MR) is 173 cm³/mol.